The van der Waals surface area contributed by atoms with E-state index in [4.69, 9.17) is 16.3 Å². The lowest BCUT2D eigenvalue weighted by molar-refractivity contribution is -0.132. The molecule has 1 unspecified atom stereocenters. The number of aryl methyl sites for hydroxylation is 2. The first kappa shape index (κ1) is 26.3. The molecule has 4 rings (SSSR count). The number of hydrogen-bond donors (Lipinski definition) is 1. The van der Waals surface area contributed by atoms with Crippen molar-refractivity contribution >= 4 is 40.4 Å². The number of ether oxygens (including phenoxy) is 1. The third-order valence-corrected chi connectivity index (χ3v) is 7.14. The van der Waals surface area contributed by atoms with E-state index >= 15 is 0 Å². The molecule has 1 fully saturated rings. The van der Waals surface area contributed by atoms with Crippen LogP contribution in [0.15, 0.2) is 66.2 Å². The molecular weight excluding hydrogens is 488 g/mol. The summed E-state index contributed by atoms with van der Waals surface area (Å²) in [6, 6.07) is 17.5. The minimum atomic E-state index is -0.812. The Balaban J connectivity index is 1.94. The monoisotopic (exact) mass is 518 g/mol. The second-order valence-corrected chi connectivity index (χ2v) is 9.48. The van der Waals surface area contributed by atoms with Gasteiger partial charge in [-0.1, -0.05) is 35.9 Å². The highest BCUT2D eigenvalue weighted by atomic mass is 35.5. The molecular formula is C30H31ClN2O4. The molecule has 1 aliphatic heterocycles. The van der Waals surface area contributed by atoms with Crippen LogP contribution in [-0.4, -0.2) is 37.0 Å². The van der Waals surface area contributed by atoms with Gasteiger partial charge in [0.15, 0.2) is 0 Å². The molecule has 1 N–H and O–H groups in total. The van der Waals surface area contributed by atoms with Gasteiger partial charge in [0, 0.05) is 30.0 Å². The van der Waals surface area contributed by atoms with E-state index < -0.39 is 17.7 Å². The van der Waals surface area contributed by atoms with Gasteiger partial charge in [0.2, 0.25) is 0 Å². The summed E-state index contributed by atoms with van der Waals surface area (Å²) in [5.41, 5.74) is 4.56. The number of anilines is 2. The molecule has 3 aromatic rings. The quantitative estimate of drug-likeness (QED) is 0.221. The Kier molecular flexibility index (Phi) is 7.60. The van der Waals surface area contributed by atoms with E-state index in [0.717, 1.165) is 35.5 Å². The van der Waals surface area contributed by atoms with E-state index in [9.17, 15) is 14.7 Å². The Labute approximate surface area is 222 Å². The molecule has 7 heteroatoms. The number of aliphatic hydroxyl groups excluding tert-OH is 1. The normalized spacial score (nSPS) is 16.8. The zero-order chi connectivity index (χ0) is 26.9. The summed E-state index contributed by atoms with van der Waals surface area (Å²) < 4.78 is 5.30. The predicted molar refractivity (Wildman–Crippen MR) is 149 cm³/mol. The molecule has 3 aromatic carbocycles. The van der Waals surface area contributed by atoms with Gasteiger partial charge in [0.1, 0.15) is 11.5 Å². The largest absolute Gasteiger partial charge is 0.507 e. The van der Waals surface area contributed by atoms with Gasteiger partial charge in [-0.3, -0.25) is 14.5 Å². The van der Waals surface area contributed by atoms with E-state index in [1.807, 2.05) is 56.3 Å². The molecule has 1 aliphatic rings. The summed E-state index contributed by atoms with van der Waals surface area (Å²) in [6.45, 7) is 9.73. The first-order chi connectivity index (χ1) is 17.7. The van der Waals surface area contributed by atoms with E-state index in [2.05, 4.69) is 18.7 Å². The molecule has 0 radical (unpaired) electrons. The van der Waals surface area contributed by atoms with Crippen molar-refractivity contribution in [3.8, 4) is 5.75 Å². The van der Waals surface area contributed by atoms with Crippen LogP contribution in [0.3, 0.4) is 0 Å². The van der Waals surface area contributed by atoms with E-state index in [1.165, 1.54) is 12.0 Å². The molecule has 37 heavy (non-hydrogen) atoms. The summed E-state index contributed by atoms with van der Waals surface area (Å²) in [5, 5.41) is 11.8. The number of amides is 1. The molecule has 0 aromatic heterocycles. The van der Waals surface area contributed by atoms with Crippen molar-refractivity contribution in [2.75, 3.05) is 30.0 Å². The number of methoxy groups -OCH3 is 1. The Hall–Kier alpha value is -3.77. The fourth-order valence-electron chi connectivity index (χ4n) is 4.79. The fraction of sp³-hybridized carbons (Fsp3) is 0.267. The molecule has 0 aliphatic carbocycles. The van der Waals surface area contributed by atoms with Crippen LogP contribution in [0.4, 0.5) is 11.4 Å². The van der Waals surface area contributed by atoms with Gasteiger partial charge in [-0.15, -0.1) is 0 Å². The lowest BCUT2D eigenvalue weighted by Gasteiger charge is -2.28. The SMILES string of the molecule is CCN(CC)c1ccc(C2/C(=C(/O)c3ccc(Cl)c(OC)c3)C(=O)C(=O)N2c2cc(C)ccc2C)cc1. The molecule has 0 bridgehead atoms. The molecule has 0 saturated carbocycles. The van der Waals surface area contributed by atoms with Crippen LogP contribution in [0, 0.1) is 13.8 Å². The third-order valence-electron chi connectivity index (χ3n) is 6.83. The fourth-order valence-corrected chi connectivity index (χ4v) is 4.99. The Morgan fingerprint density at radius 2 is 1.68 bits per heavy atom. The van der Waals surface area contributed by atoms with Gasteiger partial charge in [-0.2, -0.15) is 0 Å². The van der Waals surface area contributed by atoms with Crippen LogP contribution in [0.1, 0.15) is 42.1 Å². The van der Waals surface area contributed by atoms with Crippen molar-refractivity contribution in [2.45, 2.75) is 33.7 Å². The molecule has 6 nitrogen and oxygen atoms in total. The van der Waals surface area contributed by atoms with Crippen molar-refractivity contribution in [2.24, 2.45) is 0 Å². The van der Waals surface area contributed by atoms with E-state index in [0.29, 0.717) is 22.0 Å². The number of Topliss-reactive ketones (excluding diaryl/α,β-unsaturated/α-hetero) is 1. The van der Waals surface area contributed by atoms with Crippen LogP contribution in [0.5, 0.6) is 5.75 Å². The molecule has 192 valence electrons. The number of carbonyl (C=O) groups excluding carboxylic acids is 2. The summed E-state index contributed by atoms with van der Waals surface area (Å²) in [6.07, 6.45) is 0. The van der Waals surface area contributed by atoms with Gasteiger partial charge in [-0.25, -0.2) is 0 Å². The predicted octanol–water partition coefficient (Wildman–Crippen LogP) is 6.44. The Morgan fingerprint density at radius 3 is 2.30 bits per heavy atom. The molecule has 0 spiro atoms. The van der Waals surface area contributed by atoms with Gasteiger partial charge in [-0.05, 0) is 80.8 Å². The summed E-state index contributed by atoms with van der Waals surface area (Å²) in [5.74, 6) is -1.35. The first-order valence-electron chi connectivity index (χ1n) is 12.3. The Bertz CT molecular complexity index is 1380. The standard InChI is InChI=1S/C30H31ClN2O4/c1-6-32(7-2)22-13-10-20(11-14-22)27-26(28(34)21-12-15-23(31)25(17-21)37-5)29(35)30(36)33(27)24-16-18(3)8-9-19(24)4/h8-17,27,34H,6-7H2,1-5H3/b28-26-. The highest BCUT2D eigenvalue weighted by Crippen LogP contribution is 2.44. The molecule has 1 saturated heterocycles. The second-order valence-electron chi connectivity index (χ2n) is 9.07. The van der Waals surface area contributed by atoms with Crippen LogP contribution in [-0.2, 0) is 9.59 Å². The zero-order valence-electron chi connectivity index (χ0n) is 21.7. The maximum atomic E-state index is 13.5. The number of nitrogens with zero attached hydrogens (tertiary/aromatic N) is 2. The third kappa shape index (κ3) is 4.81. The van der Waals surface area contributed by atoms with Gasteiger partial charge < -0.3 is 14.7 Å². The maximum Gasteiger partial charge on any atom is 0.300 e. The molecule has 1 amide bonds. The van der Waals surface area contributed by atoms with E-state index in [-0.39, 0.29) is 11.3 Å². The van der Waals surface area contributed by atoms with Crippen molar-refractivity contribution in [1.29, 1.82) is 0 Å². The topological polar surface area (TPSA) is 70.1 Å². The van der Waals surface area contributed by atoms with Crippen molar-refractivity contribution < 1.29 is 19.4 Å². The zero-order valence-corrected chi connectivity index (χ0v) is 22.5. The van der Waals surface area contributed by atoms with E-state index in [1.54, 1.807) is 18.2 Å². The molecule has 1 heterocycles. The second kappa shape index (κ2) is 10.7. The number of ketones is 1. The number of halogens is 1. The summed E-state index contributed by atoms with van der Waals surface area (Å²) in [4.78, 5) is 30.7. The van der Waals surface area contributed by atoms with Gasteiger partial charge in [0.25, 0.3) is 11.7 Å². The van der Waals surface area contributed by atoms with Crippen molar-refractivity contribution in [3.63, 3.8) is 0 Å². The van der Waals surface area contributed by atoms with Crippen LogP contribution in [0.2, 0.25) is 5.02 Å². The number of benzene rings is 3. The van der Waals surface area contributed by atoms with Gasteiger partial charge in [0.05, 0.1) is 23.7 Å². The number of hydrogen-bond acceptors (Lipinski definition) is 5. The summed E-state index contributed by atoms with van der Waals surface area (Å²) in [7, 11) is 1.47. The lowest BCUT2D eigenvalue weighted by atomic mass is 9.94. The number of carbonyl (C=O) groups is 2. The average molecular weight is 519 g/mol. The van der Waals surface area contributed by atoms with Crippen LogP contribution in [0.25, 0.3) is 5.76 Å². The smallest absolute Gasteiger partial charge is 0.300 e. The highest BCUT2D eigenvalue weighted by Gasteiger charge is 2.47. The van der Waals surface area contributed by atoms with Crippen molar-refractivity contribution in [3.05, 3.63) is 93.5 Å². The highest BCUT2D eigenvalue weighted by molar-refractivity contribution is 6.51. The maximum absolute atomic E-state index is 13.5. The average Bonchev–Trinajstić information content (AvgIpc) is 3.16. The Morgan fingerprint density at radius 1 is 1.00 bits per heavy atom. The number of rotatable bonds is 7. The van der Waals surface area contributed by atoms with Gasteiger partial charge >= 0.3 is 0 Å². The van der Waals surface area contributed by atoms with Crippen LogP contribution < -0.4 is 14.5 Å². The van der Waals surface area contributed by atoms with Crippen molar-refractivity contribution in [1.82, 2.24) is 0 Å². The first-order valence-corrected chi connectivity index (χ1v) is 12.7. The van der Waals surface area contributed by atoms with Crippen LogP contribution >= 0.6 is 11.6 Å². The minimum absolute atomic E-state index is 0.0193. The molecule has 1 atom stereocenters. The minimum Gasteiger partial charge on any atom is -0.507 e. The summed E-state index contributed by atoms with van der Waals surface area (Å²) >= 11 is 6.18. The lowest BCUT2D eigenvalue weighted by Crippen LogP contribution is -2.30. The number of aliphatic hydroxyl groups is 1.